The van der Waals surface area contributed by atoms with Crippen LogP contribution in [0.5, 0.6) is 23.0 Å². The normalized spacial score (nSPS) is 25.7. The Kier molecular flexibility index (Phi) is 8.44. The fourth-order valence-electron chi connectivity index (χ4n) is 6.39. The Morgan fingerprint density at radius 3 is 2.12 bits per heavy atom. The SMILES string of the molecule is CC(C)=CCC/C(C)=C/Cc1c(O)cc(/C=C/c2cc(O)c3c(c2)C[C@@H]2C(C)(C)[C@H](O)[C@H](O)C[C@@]2(C)O3)cc1O. The minimum absolute atomic E-state index is 0.0167. The van der Waals surface area contributed by atoms with Crippen LogP contribution in [0.3, 0.4) is 0 Å². The van der Waals surface area contributed by atoms with Gasteiger partial charge in [0.25, 0.3) is 0 Å². The first-order valence-corrected chi connectivity index (χ1v) is 14.1. The van der Waals surface area contributed by atoms with Crippen molar-refractivity contribution in [3.8, 4) is 23.0 Å². The summed E-state index contributed by atoms with van der Waals surface area (Å²) in [5, 5.41) is 53.3. The number of phenolic OH excluding ortho intramolecular Hbond substituents is 3. The van der Waals surface area contributed by atoms with Gasteiger partial charge in [-0.1, -0.05) is 49.3 Å². The zero-order valence-electron chi connectivity index (χ0n) is 24.5. The Bertz CT molecular complexity index is 1320. The molecule has 0 unspecified atom stereocenters. The predicted octanol–water partition coefficient (Wildman–Crippen LogP) is 6.67. The number of phenols is 3. The molecule has 2 aliphatic rings. The molecule has 6 heteroatoms. The number of hydrogen-bond acceptors (Lipinski definition) is 6. The van der Waals surface area contributed by atoms with Crippen molar-refractivity contribution in [2.75, 3.05) is 0 Å². The van der Waals surface area contributed by atoms with E-state index in [2.05, 4.69) is 26.8 Å². The van der Waals surface area contributed by atoms with Crippen molar-refractivity contribution >= 4 is 12.2 Å². The standard InChI is InChI=1S/C34H44O6/c1-20(2)8-7-9-21(3)10-13-25-26(35)15-23(16-27(25)36)12-11-22-14-24-18-30-33(4,5)32(39)29(38)19-34(30,6)40-31(24)28(37)17-22/h8,10-12,14-17,29-30,32,35-39H,7,9,13,18-19H2,1-6H3/b12-11+,21-10+/t29-,30-,32-,34-/m1/s1. The van der Waals surface area contributed by atoms with Crippen LogP contribution in [0.2, 0.25) is 0 Å². The molecule has 216 valence electrons. The van der Waals surface area contributed by atoms with Gasteiger partial charge in [0, 0.05) is 23.3 Å². The van der Waals surface area contributed by atoms with E-state index in [1.54, 1.807) is 24.3 Å². The van der Waals surface area contributed by atoms with Crippen LogP contribution in [0.1, 0.15) is 83.1 Å². The Balaban J connectivity index is 1.53. The summed E-state index contributed by atoms with van der Waals surface area (Å²) in [6.07, 6.45) is 9.32. The van der Waals surface area contributed by atoms with Gasteiger partial charge in [-0.25, -0.2) is 0 Å². The number of benzene rings is 2. The number of aromatic hydroxyl groups is 3. The fourth-order valence-corrected chi connectivity index (χ4v) is 6.39. The summed E-state index contributed by atoms with van der Waals surface area (Å²) in [4.78, 5) is 0. The molecular weight excluding hydrogens is 504 g/mol. The minimum Gasteiger partial charge on any atom is -0.507 e. The van der Waals surface area contributed by atoms with E-state index in [4.69, 9.17) is 4.74 Å². The molecular formula is C34H44O6. The number of aliphatic hydroxyl groups is 2. The number of hydrogen-bond donors (Lipinski definition) is 5. The molecule has 1 fully saturated rings. The van der Waals surface area contributed by atoms with Crippen LogP contribution in [-0.4, -0.2) is 43.3 Å². The van der Waals surface area contributed by atoms with Gasteiger partial charge >= 0.3 is 0 Å². The second-order valence-electron chi connectivity index (χ2n) is 12.7. The molecule has 4 atom stereocenters. The quantitative estimate of drug-likeness (QED) is 0.195. The molecule has 4 rings (SSSR count). The maximum absolute atomic E-state index is 10.8. The highest BCUT2D eigenvalue weighted by Crippen LogP contribution is 2.54. The van der Waals surface area contributed by atoms with Crippen molar-refractivity contribution in [1.29, 1.82) is 0 Å². The summed E-state index contributed by atoms with van der Waals surface area (Å²) in [5.74, 6) is 0.446. The van der Waals surface area contributed by atoms with E-state index in [1.807, 2.05) is 39.0 Å². The van der Waals surface area contributed by atoms with Crippen molar-refractivity contribution in [3.05, 3.63) is 69.8 Å². The van der Waals surface area contributed by atoms with Gasteiger partial charge in [0.2, 0.25) is 0 Å². The molecule has 2 aromatic carbocycles. The molecule has 0 amide bonds. The summed E-state index contributed by atoms with van der Waals surface area (Å²) in [6.45, 7) is 12.1. The Morgan fingerprint density at radius 1 is 0.900 bits per heavy atom. The monoisotopic (exact) mass is 548 g/mol. The van der Waals surface area contributed by atoms with E-state index in [0.717, 1.165) is 24.0 Å². The van der Waals surface area contributed by atoms with E-state index < -0.39 is 23.2 Å². The lowest BCUT2D eigenvalue weighted by atomic mass is 9.57. The van der Waals surface area contributed by atoms with Crippen LogP contribution < -0.4 is 4.74 Å². The molecule has 1 heterocycles. The fraction of sp³-hybridized carbons (Fsp3) is 0.471. The lowest BCUT2D eigenvalue weighted by molar-refractivity contribution is -0.187. The van der Waals surface area contributed by atoms with Crippen molar-refractivity contribution < 1.29 is 30.3 Å². The van der Waals surface area contributed by atoms with Gasteiger partial charge in [0.1, 0.15) is 17.1 Å². The zero-order chi connectivity index (χ0) is 29.4. The van der Waals surface area contributed by atoms with Gasteiger partial charge in [0.05, 0.1) is 12.2 Å². The van der Waals surface area contributed by atoms with Gasteiger partial charge in [0.15, 0.2) is 11.5 Å². The van der Waals surface area contributed by atoms with Crippen molar-refractivity contribution in [2.45, 2.75) is 91.5 Å². The van der Waals surface area contributed by atoms with Crippen LogP contribution in [0, 0.1) is 11.3 Å². The average Bonchev–Trinajstić information content (AvgIpc) is 2.85. The molecule has 2 aromatic rings. The highest BCUT2D eigenvalue weighted by molar-refractivity contribution is 5.73. The summed E-state index contributed by atoms with van der Waals surface area (Å²) in [7, 11) is 0. The number of fused-ring (bicyclic) bond motifs is 2. The maximum Gasteiger partial charge on any atom is 0.164 e. The molecule has 1 aliphatic heterocycles. The summed E-state index contributed by atoms with van der Waals surface area (Å²) in [5.41, 5.74) is 3.92. The van der Waals surface area contributed by atoms with E-state index in [-0.39, 0.29) is 29.6 Å². The second-order valence-corrected chi connectivity index (χ2v) is 12.7. The third-order valence-corrected chi connectivity index (χ3v) is 8.74. The van der Waals surface area contributed by atoms with E-state index in [9.17, 15) is 25.5 Å². The summed E-state index contributed by atoms with van der Waals surface area (Å²) in [6, 6.07) is 6.83. The first-order valence-electron chi connectivity index (χ1n) is 14.1. The molecule has 0 spiro atoms. The third kappa shape index (κ3) is 6.08. The van der Waals surface area contributed by atoms with Crippen molar-refractivity contribution in [3.63, 3.8) is 0 Å². The third-order valence-electron chi connectivity index (χ3n) is 8.74. The number of ether oxygens (including phenoxy) is 1. The van der Waals surface area contributed by atoms with Crippen LogP contribution in [0.15, 0.2) is 47.6 Å². The van der Waals surface area contributed by atoms with Crippen LogP contribution >= 0.6 is 0 Å². The number of rotatable bonds is 7. The van der Waals surface area contributed by atoms with Gasteiger partial charge in [-0.3, -0.25) is 0 Å². The second kappa shape index (κ2) is 11.3. The van der Waals surface area contributed by atoms with Gasteiger partial charge in [-0.2, -0.15) is 0 Å². The highest BCUT2D eigenvalue weighted by atomic mass is 16.5. The smallest absolute Gasteiger partial charge is 0.164 e. The lowest BCUT2D eigenvalue weighted by Crippen LogP contribution is -2.63. The van der Waals surface area contributed by atoms with Crippen LogP contribution in [0.4, 0.5) is 0 Å². The molecule has 5 N–H and O–H groups in total. The van der Waals surface area contributed by atoms with Crippen LogP contribution in [0.25, 0.3) is 12.2 Å². The molecule has 40 heavy (non-hydrogen) atoms. The molecule has 1 saturated carbocycles. The topological polar surface area (TPSA) is 110 Å². The Morgan fingerprint density at radius 2 is 1.50 bits per heavy atom. The molecule has 6 nitrogen and oxygen atoms in total. The summed E-state index contributed by atoms with van der Waals surface area (Å²) < 4.78 is 6.32. The highest BCUT2D eigenvalue weighted by Gasteiger charge is 2.58. The Labute approximate surface area is 238 Å². The predicted molar refractivity (Wildman–Crippen MR) is 160 cm³/mol. The van der Waals surface area contributed by atoms with E-state index >= 15 is 0 Å². The number of allylic oxidation sites excluding steroid dienone is 4. The number of aliphatic hydroxyl groups excluding tert-OH is 2. The zero-order valence-corrected chi connectivity index (χ0v) is 24.5. The summed E-state index contributed by atoms with van der Waals surface area (Å²) >= 11 is 0. The molecule has 1 aliphatic carbocycles. The van der Waals surface area contributed by atoms with Gasteiger partial charge in [-0.15, -0.1) is 0 Å². The van der Waals surface area contributed by atoms with E-state index in [1.165, 1.54) is 11.1 Å². The van der Waals surface area contributed by atoms with E-state index in [0.29, 0.717) is 29.7 Å². The molecule has 0 radical (unpaired) electrons. The Hall–Kier alpha value is -3.22. The van der Waals surface area contributed by atoms with Crippen LogP contribution in [-0.2, 0) is 12.8 Å². The first kappa shape index (κ1) is 29.8. The average molecular weight is 549 g/mol. The molecule has 0 bridgehead atoms. The molecule has 0 saturated heterocycles. The lowest BCUT2D eigenvalue weighted by Gasteiger charge is -2.56. The minimum atomic E-state index is -0.894. The largest absolute Gasteiger partial charge is 0.507 e. The van der Waals surface area contributed by atoms with Crippen molar-refractivity contribution in [2.24, 2.45) is 11.3 Å². The first-order chi connectivity index (χ1) is 18.7. The maximum atomic E-state index is 10.8. The van der Waals surface area contributed by atoms with Gasteiger partial charge in [-0.05, 0) is 94.3 Å². The molecule has 0 aromatic heterocycles. The van der Waals surface area contributed by atoms with Crippen molar-refractivity contribution in [1.82, 2.24) is 0 Å². The van der Waals surface area contributed by atoms with Gasteiger partial charge < -0.3 is 30.3 Å².